The molecule has 0 saturated carbocycles. The number of carbonyl (C=O) groups excluding carboxylic acids is 2. The maximum absolute atomic E-state index is 14.2. The number of hydrogen-bond donors (Lipinski definition) is 1. The van der Waals surface area contributed by atoms with Crippen molar-refractivity contribution in [1.29, 1.82) is 0 Å². The fourth-order valence-electron chi connectivity index (χ4n) is 6.70. The number of piperidine rings is 1. The number of aromatic nitrogens is 3. The van der Waals surface area contributed by atoms with E-state index in [2.05, 4.69) is 17.2 Å². The number of pyridine rings is 1. The van der Waals surface area contributed by atoms with Crippen LogP contribution in [0.2, 0.25) is 0 Å². The molecule has 218 valence electrons. The molecule has 0 atom stereocenters. The van der Waals surface area contributed by atoms with E-state index < -0.39 is 11.7 Å². The molecule has 1 fully saturated rings. The van der Waals surface area contributed by atoms with Gasteiger partial charge in [-0.1, -0.05) is 19.4 Å². The average molecular weight is 577 g/mol. The van der Waals surface area contributed by atoms with Gasteiger partial charge in [0.25, 0.3) is 0 Å². The molecule has 1 aromatic carbocycles. The van der Waals surface area contributed by atoms with Crippen LogP contribution in [0.1, 0.15) is 48.6 Å². The molecular weight excluding hydrogens is 545 g/mol. The standard InChI is InChI=1S/C31H31F3N6O2/c1-2-19-6-9-37(10-7-19)30(42)39-12-11-38-18-23(22-14-21(31(32,33)34)13-20(17-39)29(22)38)27-25(41)16-36-28(27)24-15-35-26-5-3-4-8-40(24)26/h3-5,8,13-15,18-19,36H,2,6-7,9-12,16-17H2,1H3. The van der Waals surface area contributed by atoms with E-state index in [0.29, 0.717) is 76.7 Å². The number of nitrogens with one attached hydrogen (secondary N) is 1. The quantitative estimate of drug-likeness (QED) is 0.354. The number of rotatable bonds is 3. The van der Waals surface area contributed by atoms with Gasteiger partial charge >= 0.3 is 12.2 Å². The summed E-state index contributed by atoms with van der Waals surface area (Å²) in [6, 6.07) is 7.73. The molecule has 0 aliphatic carbocycles. The van der Waals surface area contributed by atoms with E-state index in [1.165, 1.54) is 0 Å². The number of urea groups is 1. The van der Waals surface area contributed by atoms with Gasteiger partial charge < -0.3 is 19.7 Å². The Morgan fingerprint density at radius 3 is 2.67 bits per heavy atom. The SMILES string of the molecule is CCC1CCN(C(=O)N2CCn3cc(C4=C(c5cnc6ccccn56)NCC4=O)c4cc(C(F)(F)F)cc(c43)C2)CC1. The Kier molecular flexibility index (Phi) is 6.29. The van der Waals surface area contributed by atoms with E-state index in [4.69, 9.17) is 0 Å². The molecule has 4 aromatic rings. The van der Waals surface area contributed by atoms with E-state index in [0.717, 1.165) is 31.4 Å². The zero-order valence-electron chi connectivity index (χ0n) is 23.2. The molecule has 42 heavy (non-hydrogen) atoms. The largest absolute Gasteiger partial charge is 0.416 e. The predicted molar refractivity (Wildman–Crippen MR) is 152 cm³/mol. The van der Waals surface area contributed by atoms with E-state index in [-0.39, 0.29) is 24.9 Å². The first-order valence-corrected chi connectivity index (χ1v) is 14.4. The van der Waals surface area contributed by atoms with Gasteiger partial charge in [-0.05, 0) is 48.6 Å². The number of ketones is 1. The summed E-state index contributed by atoms with van der Waals surface area (Å²) in [5.74, 6) is 0.409. The summed E-state index contributed by atoms with van der Waals surface area (Å²) in [6.45, 7) is 4.37. The molecule has 0 bridgehead atoms. The van der Waals surface area contributed by atoms with Crippen LogP contribution in [0.3, 0.4) is 0 Å². The summed E-state index contributed by atoms with van der Waals surface area (Å²) in [7, 11) is 0. The number of carbonyl (C=O) groups is 2. The van der Waals surface area contributed by atoms with Crippen LogP contribution in [0.5, 0.6) is 0 Å². The second kappa shape index (κ2) is 9.92. The van der Waals surface area contributed by atoms with Gasteiger partial charge in [-0.3, -0.25) is 9.20 Å². The van der Waals surface area contributed by atoms with Crippen molar-refractivity contribution < 1.29 is 22.8 Å². The highest BCUT2D eigenvalue weighted by molar-refractivity contribution is 6.33. The third kappa shape index (κ3) is 4.33. The smallest absolute Gasteiger partial charge is 0.375 e. The Bertz CT molecular complexity index is 1760. The Hall–Kier alpha value is -4.28. The Morgan fingerprint density at radius 1 is 1.10 bits per heavy atom. The third-order valence-electron chi connectivity index (χ3n) is 8.98. The number of halogens is 3. The van der Waals surface area contributed by atoms with Gasteiger partial charge in [0.2, 0.25) is 0 Å². The molecule has 3 aliphatic rings. The van der Waals surface area contributed by atoms with Crippen molar-refractivity contribution in [2.24, 2.45) is 5.92 Å². The lowest BCUT2D eigenvalue weighted by molar-refractivity contribution is -0.137. The van der Waals surface area contributed by atoms with Crippen molar-refractivity contribution in [1.82, 2.24) is 29.1 Å². The lowest BCUT2D eigenvalue weighted by Gasteiger charge is -2.35. The predicted octanol–water partition coefficient (Wildman–Crippen LogP) is 5.41. The fraction of sp³-hybridized carbons (Fsp3) is 0.387. The minimum absolute atomic E-state index is 0.0419. The number of likely N-dealkylation sites (tertiary alicyclic amines) is 1. The molecule has 0 spiro atoms. The number of amides is 2. The van der Waals surface area contributed by atoms with Crippen molar-refractivity contribution in [2.75, 3.05) is 26.2 Å². The van der Waals surface area contributed by atoms with Crippen LogP contribution in [0.4, 0.5) is 18.0 Å². The summed E-state index contributed by atoms with van der Waals surface area (Å²) < 4.78 is 46.5. The summed E-state index contributed by atoms with van der Waals surface area (Å²) in [5, 5.41) is 3.53. The van der Waals surface area contributed by atoms with E-state index in [1.54, 1.807) is 17.3 Å². The van der Waals surface area contributed by atoms with E-state index >= 15 is 0 Å². The van der Waals surface area contributed by atoms with Crippen LogP contribution in [-0.4, -0.2) is 61.7 Å². The Labute approximate surface area is 240 Å². The van der Waals surface area contributed by atoms with Crippen LogP contribution >= 0.6 is 0 Å². The first kappa shape index (κ1) is 26.6. The fourth-order valence-corrected chi connectivity index (χ4v) is 6.70. The number of alkyl halides is 3. The van der Waals surface area contributed by atoms with Crippen LogP contribution in [-0.2, 0) is 24.1 Å². The minimum atomic E-state index is -4.59. The van der Waals surface area contributed by atoms with Crippen LogP contribution in [0, 0.1) is 5.92 Å². The molecule has 0 radical (unpaired) electrons. The number of imidazole rings is 1. The molecule has 1 saturated heterocycles. The maximum Gasteiger partial charge on any atom is 0.416 e. The van der Waals surface area contributed by atoms with Crippen LogP contribution < -0.4 is 5.32 Å². The molecule has 6 heterocycles. The lowest BCUT2D eigenvalue weighted by atomic mass is 9.94. The van der Waals surface area contributed by atoms with Crippen molar-refractivity contribution in [3.05, 3.63) is 71.3 Å². The van der Waals surface area contributed by atoms with Gasteiger partial charge in [0.05, 0.1) is 40.8 Å². The molecule has 0 unspecified atom stereocenters. The summed E-state index contributed by atoms with van der Waals surface area (Å²) >= 11 is 0. The number of fused-ring (bicyclic) bond motifs is 1. The van der Waals surface area contributed by atoms with Gasteiger partial charge in [0.1, 0.15) is 5.65 Å². The highest BCUT2D eigenvalue weighted by atomic mass is 19.4. The van der Waals surface area contributed by atoms with Gasteiger partial charge in [-0.25, -0.2) is 9.78 Å². The molecule has 3 aromatic heterocycles. The van der Waals surface area contributed by atoms with Crippen molar-refractivity contribution in [3.8, 4) is 0 Å². The maximum atomic E-state index is 14.2. The van der Waals surface area contributed by atoms with Crippen LogP contribution in [0.15, 0.2) is 48.9 Å². The monoisotopic (exact) mass is 576 g/mol. The van der Waals surface area contributed by atoms with E-state index in [1.807, 2.05) is 38.3 Å². The highest BCUT2D eigenvalue weighted by Crippen LogP contribution is 2.41. The summed E-state index contributed by atoms with van der Waals surface area (Å²) in [6.07, 6.45) is 3.66. The number of hydrogen-bond acceptors (Lipinski definition) is 4. The summed E-state index contributed by atoms with van der Waals surface area (Å²) in [5.41, 5.74) is 2.96. The molecule has 3 aliphatic heterocycles. The molecule has 11 heteroatoms. The second-order valence-corrected chi connectivity index (χ2v) is 11.4. The Morgan fingerprint density at radius 2 is 1.90 bits per heavy atom. The zero-order valence-corrected chi connectivity index (χ0v) is 23.2. The van der Waals surface area contributed by atoms with E-state index in [9.17, 15) is 22.8 Å². The van der Waals surface area contributed by atoms with Gasteiger partial charge in [-0.15, -0.1) is 0 Å². The highest BCUT2D eigenvalue weighted by Gasteiger charge is 2.36. The third-order valence-corrected chi connectivity index (χ3v) is 8.98. The topological polar surface area (TPSA) is 74.9 Å². The first-order chi connectivity index (χ1) is 20.2. The molecule has 7 rings (SSSR count). The lowest BCUT2D eigenvalue weighted by Crippen LogP contribution is -2.46. The summed E-state index contributed by atoms with van der Waals surface area (Å²) in [4.78, 5) is 34.8. The van der Waals surface area contributed by atoms with Crippen molar-refractivity contribution >= 4 is 39.6 Å². The first-order valence-electron chi connectivity index (χ1n) is 14.4. The number of nitrogens with zero attached hydrogens (tertiary/aromatic N) is 5. The van der Waals surface area contributed by atoms with Crippen molar-refractivity contribution in [3.63, 3.8) is 0 Å². The Balaban J connectivity index is 1.34. The second-order valence-electron chi connectivity index (χ2n) is 11.4. The molecular formula is C31H31F3N6O2. The van der Waals surface area contributed by atoms with Gasteiger partial charge in [0, 0.05) is 56.1 Å². The minimum Gasteiger partial charge on any atom is -0.375 e. The average Bonchev–Trinajstić information content (AvgIpc) is 3.65. The number of benzene rings is 1. The normalized spacial score (nSPS) is 18.3. The molecule has 2 amide bonds. The van der Waals surface area contributed by atoms with Gasteiger partial charge in [0.15, 0.2) is 5.78 Å². The molecule has 8 nitrogen and oxygen atoms in total. The van der Waals surface area contributed by atoms with Crippen molar-refractivity contribution in [2.45, 2.75) is 45.5 Å². The number of Topliss-reactive ketones (excluding diaryl/α,β-unsaturated/α-hetero) is 1. The zero-order chi connectivity index (χ0) is 29.2. The molecule has 1 N–H and O–H groups in total. The van der Waals surface area contributed by atoms with Gasteiger partial charge in [-0.2, -0.15) is 13.2 Å². The van der Waals surface area contributed by atoms with Crippen LogP contribution in [0.25, 0.3) is 27.8 Å².